The maximum Gasteiger partial charge on any atom is 0.133 e. The van der Waals surface area contributed by atoms with Crippen molar-refractivity contribution in [2.45, 2.75) is 54.4 Å². The molecule has 0 fully saturated rings. The molecule has 0 aliphatic rings. The van der Waals surface area contributed by atoms with Crippen LogP contribution < -0.4 is 4.74 Å². The van der Waals surface area contributed by atoms with Crippen LogP contribution >= 0.6 is 0 Å². The molecule has 0 radical (unpaired) electrons. The molecule has 3 heteroatoms. The molecule has 3 nitrogen and oxygen atoms in total. The third kappa shape index (κ3) is 6.86. The summed E-state index contributed by atoms with van der Waals surface area (Å²) in [6.07, 6.45) is 2.23. The van der Waals surface area contributed by atoms with Gasteiger partial charge in [0.15, 0.2) is 0 Å². The van der Waals surface area contributed by atoms with Crippen molar-refractivity contribution in [3.63, 3.8) is 0 Å². The molecular formula is C21H30O3. The average Bonchev–Trinajstić information content (AvgIpc) is 2.61. The highest BCUT2D eigenvalue weighted by Gasteiger charge is 2.08. The first-order valence-corrected chi connectivity index (χ1v) is 8.61. The molecule has 2 aromatic rings. The SMILES string of the molecule is CC.CC.Cc1cc(CCC=O)cc(C)c1Oc1ccc(O)cc1. The quantitative estimate of drug-likeness (QED) is 0.685. The minimum Gasteiger partial charge on any atom is -0.508 e. The summed E-state index contributed by atoms with van der Waals surface area (Å²) >= 11 is 0. The molecule has 0 aromatic heterocycles. The molecule has 0 unspecified atom stereocenters. The minimum absolute atomic E-state index is 0.218. The van der Waals surface area contributed by atoms with Crippen LogP contribution in [0.15, 0.2) is 36.4 Å². The fourth-order valence-electron chi connectivity index (χ4n) is 2.20. The number of hydrogen-bond donors (Lipinski definition) is 1. The first kappa shape index (κ1) is 21.7. The van der Waals surface area contributed by atoms with Crippen LogP contribution in [0.1, 0.15) is 50.8 Å². The van der Waals surface area contributed by atoms with Crippen molar-refractivity contribution in [2.24, 2.45) is 0 Å². The van der Waals surface area contributed by atoms with E-state index in [9.17, 15) is 9.90 Å². The van der Waals surface area contributed by atoms with E-state index in [1.165, 1.54) is 0 Å². The Balaban J connectivity index is 0.00000123. The molecule has 2 aromatic carbocycles. The van der Waals surface area contributed by atoms with Crippen molar-refractivity contribution in [2.75, 3.05) is 0 Å². The molecule has 24 heavy (non-hydrogen) atoms. The van der Waals surface area contributed by atoms with Crippen LogP contribution in [0.4, 0.5) is 0 Å². The number of aromatic hydroxyl groups is 1. The van der Waals surface area contributed by atoms with Gasteiger partial charge in [0.05, 0.1) is 0 Å². The van der Waals surface area contributed by atoms with Crippen molar-refractivity contribution >= 4 is 6.29 Å². The summed E-state index contributed by atoms with van der Waals surface area (Å²) in [6, 6.07) is 10.7. The summed E-state index contributed by atoms with van der Waals surface area (Å²) in [7, 11) is 0. The van der Waals surface area contributed by atoms with E-state index in [-0.39, 0.29) is 5.75 Å². The zero-order valence-electron chi connectivity index (χ0n) is 15.7. The maximum absolute atomic E-state index is 10.4. The lowest BCUT2D eigenvalue weighted by Crippen LogP contribution is -1.95. The highest BCUT2D eigenvalue weighted by atomic mass is 16.5. The van der Waals surface area contributed by atoms with Gasteiger partial charge in [0.1, 0.15) is 23.5 Å². The number of hydrogen-bond acceptors (Lipinski definition) is 3. The number of aryl methyl sites for hydroxylation is 3. The molecule has 1 N–H and O–H groups in total. The highest BCUT2D eigenvalue weighted by Crippen LogP contribution is 2.30. The molecule has 0 spiro atoms. The van der Waals surface area contributed by atoms with Gasteiger partial charge in [0.2, 0.25) is 0 Å². The van der Waals surface area contributed by atoms with Crippen LogP contribution in [0.3, 0.4) is 0 Å². The van der Waals surface area contributed by atoms with E-state index < -0.39 is 0 Å². The van der Waals surface area contributed by atoms with Crippen LogP contribution in [0, 0.1) is 13.8 Å². The van der Waals surface area contributed by atoms with Gasteiger partial charge in [-0.15, -0.1) is 0 Å². The lowest BCUT2D eigenvalue weighted by Gasteiger charge is -2.13. The van der Waals surface area contributed by atoms with E-state index in [4.69, 9.17) is 4.74 Å². The fraction of sp³-hybridized carbons (Fsp3) is 0.381. The maximum atomic E-state index is 10.4. The van der Waals surface area contributed by atoms with Crippen molar-refractivity contribution < 1.29 is 14.6 Å². The number of carbonyl (C=O) groups is 1. The molecular weight excluding hydrogens is 300 g/mol. The predicted octanol–water partition coefficient (Wildman–Crippen LogP) is 5.99. The zero-order valence-corrected chi connectivity index (χ0v) is 15.7. The lowest BCUT2D eigenvalue weighted by atomic mass is 10.0. The van der Waals surface area contributed by atoms with E-state index >= 15 is 0 Å². The van der Waals surface area contributed by atoms with E-state index in [0.29, 0.717) is 12.2 Å². The second-order valence-corrected chi connectivity index (χ2v) is 4.86. The van der Waals surface area contributed by atoms with Crippen molar-refractivity contribution in [1.29, 1.82) is 0 Å². The summed E-state index contributed by atoms with van der Waals surface area (Å²) in [5, 5.41) is 9.27. The van der Waals surface area contributed by atoms with Crippen molar-refractivity contribution in [3.05, 3.63) is 53.1 Å². The van der Waals surface area contributed by atoms with E-state index in [2.05, 4.69) is 0 Å². The summed E-state index contributed by atoms with van der Waals surface area (Å²) in [6.45, 7) is 12.0. The molecule has 132 valence electrons. The van der Waals surface area contributed by atoms with Crippen LogP contribution in [0.2, 0.25) is 0 Å². The molecule has 0 heterocycles. The third-order valence-electron chi connectivity index (χ3n) is 3.13. The fourth-order valence-corrected chi connectivity index (χ4v) is 2.20. The van der Waals surface area contributed by atoms with Gasteiger partial charge in [-0.2, -0.15) is 0 Å². The first-order valence-electron chi connectivity index (χ1n) is 8.61. The van der Waals surface area contributed by atoms with Crippen LogP contribution in [-0.2, 0) is 11.2 Å². The summed E-state index contributed by atoms with van der Waals surface area (Å²) in [5.74, 6) is 1.73. The smallest absolute Gasteiger partial charge is 0.133 e. The van der Waals surface area contributed by atoms with Gasteiger partial charge in [-0.3, -0.25) is 0 Å². The zero-order chi connectivity index (χ0) is 18.5. The number of benzene rings is 2. The number of aldehydes is 1. The number of carbonyl (C=O) groups excluding carboxylic acids is 1. The van der Waals surface area contributed by atoms with E-state index in [0.717, 1.165) is 35.1 Å². The summed E-state index contributed by atoms with van der Waals surface area (Å²) < 4.78 is 5.87. The van der Waals surface area contributed by atoms with Gasteiger partial charge in [-0.25, -0.2) is 0 Å². The third-order valence-corrected chi connectivity index (χ3v) is 3.13. The van der Waals surface area contributed by atoms with Gasteiger partial charge in [0.25, 0.3) is 0 Å². The minimum atomic E-state index is 0.218. The van der Waals surface area contributed by atoms with Gasteiger partial charge in [-0.1, -0.05) is 39.8 Å². The second kappa shape index (κ2) is 12.2. The second-order valence-electron chi connectivity index (χ2n) is 4.86. The number of phenolic OH excluding ortho intramolecular Hbond substituents is 1. The lowest BCUT2D eigenvalue weighted by molar-refractivity contribution is -0.107. The van der Waals surface area contributed by atoms with Crippen LogP contribution in [-0.4, -0.2) is 11.4 Å². The Kier molecular flexibility index (Phi) is 11.0. The molecule has 0 saturated carbocycles. The Morgan fingerprint density at radius 2 is 1.46 bits per heavy atom. The highest BCUT2D eigenvalue weighted by molar-refractivity contribution is 5.51. The molecule has 0 bridgehead atoms. The molecule has 0 aliphatic carbocycles. The van der Waals surface area contributed by atoms with E-state index in [1.54, 1.807) is 24.3 Å². The molecule has 0 amide bonds. The Morgan fingerprint density at radius 3 is 1.92 bits per heavy atom. The summed E-state index contributed by atoms with van der Waals surface area (Å²) in [5.41, 5.74) is 3.23. The standard InChI is InChI=1S/C17H18O3.2C2H6/c1-12-10-14(4-3-9-18)11-13(2)17(12)20-16-7-5-15(19)6-8-16;2*1-2/h5-11,19H,3-4H2,1-2H3;2*1-2H3. The first-order chi connectivity index (χ1) is 11.6. The molecule has 0 aliphatic heterocycles. The monoisotopic (exact) mass is 330 g/mol. The molecule has 0 atom stereocenters. The van der Waals surface area contributed by atoms with Gasteiger partial charge in [-0.05, 0) is 61.2 Å². The van der Waals surface area contributed by atoms with Crippen molar-refractivity contribution in [1.82, 2.24) is 0 Å². The number of rotatable bonds is 5. The van der Waals surface area contributed by atoms with Crippen molar-refractivity contribution in [3.8, 4) is 17.2 Å². The number of phenols is 1. The Labute approximate surface area is 146 Å². The number of ether oxygens (including phenoxy) is 1. The molecule has 0 saturated heterocycles. The topological polar surface area (TPSA) is 46.5 Å². The van der Waals surface area contributed by atoms with Gasteiger partial charge in [0, 0.05) is 6.42 Å². The molecule has 2 rings (SSSR count). The van der Waals surface area contributed by atoms with Gasteiger partial charge >= 0.3 is 0 Å². The Bertz CT molecular complexity index is 578. The largest absolute Gasteiger partial charge is 0.508 e. The average molecular weight is 330 g/mol. The van der Waals surface area contributed by atoms with Gasteiger partial charge < -0.3 is 14.6 Å². The Morgan fingerprint density at radius 1 is 0.958 bits per heavy atom. The van der Waals surface area contributed by atoms with Crippen LogP contribution in [0.25, 0.3) is 0 Å². The normalized spacial score (nSPS) is 9.08. The summed E-state index contributed by atoms with van der Waals surface area (Å²) in [4.78, 5) is 10.4. The Hall–Kier alpha value is -2.29. The predicted molar refractivity (Wildman–Crippen MR) is 101 cm³/mol. The van der Waals surface area contributed by atoms with Crippen LogP contribution in [0.5, 0.6) is 17.2 Å². The van der Waals surface area contributed by atoms with E-state index in [1.807, 2.05) is 53.7 Å².